The Bertz CT molecular complexity index is 734. The highest BCUT2D eigenvalue weighted by Crippen LogP contribution is 2.23. The molecule has 2 aromatic carbocycles. The first kappa shape index (κ1) is 15.7. The number of carboxylic acids is 1. The van der Waals surface area contributed by atoms with Gasteiger partial charge in [0.2, 0.25) is 0 Å². The van der Waals surface area contributed by atoms with Gasteiger partial charge in [-0.1, -0.05) is 15.9 Å². The van der Waals surface area contributed by atoms with Gasteiger partial charge in [-0.05, 0) is 52.3 Å². The number of carbonyl (C=O) groups is 2. The van der Waals surface area contributed by atoms with Gasteiger partial charge >= 0.3 is 5.97 Å². The van der Waals surface area contributed by atoms with E-state index in [1.807, 2.05) is 0 Å². The van der Waals surface area contributed by atoms with E-state index in [2.05, 4.69) is 37.2 Å². The van der Waals surface area contributed by atoms with Gasteiger partial charge in [0.05, 0.1) is 11.1 Å². The van der Waals surface area contributed by atoms with Crippen molar-refractivity contribution in [1.82, 2.24) is 0 Å². The van der Waals surface area contributed by atoms with Gasteiger partial charge in [0.15, 0.2) is 0 Å². The molecule has 0 saturated heterocycles. The van der Waals surface area contributed by atoms with Crippen LogP contribution in [0.2, 0.25) is 0 Å². The summed E-state index contributed by atoms with van der Waals surface area (Å²) in [5.41, 5.74) is 0.438. The van der Waals surface area contributed by atoms with E-state index in [9.17, 15) is 14.0 Å². The van der Waals surface area contributed by atoms with Gasteiger partial charge in [-0.3, -0.25) is 4.79 Å². The van der Waals surface area contributed by atoms with Crippen LogP contribution in [0.3, 0.4) is 0 Å². The van der Waals surface area contributed by atoms with Crippen LogP contribution in [0.15, 0.2) is 45.3 Å². The van der Waals surface area contributed by atoms with Gasteiger partial charge in [-0.25, -0.2) is 9.18 Å². The predicted octanol–water partition coefficient (Wildman–Crippen LogP) is 4.30. The smallest absolute Gasteiger partial charge is 0.335 e. The van der Waals surface area contributed by atoms with E-state index in [1.165, 1.54) is 24.3 Å². The van der Waals surface area contributed by atoms with Crippen molar-refractivity contribution in [2.75, 3.05) is 5.32 Å². The molecule has 0 fully saturated rings. The Morgan fingerprint density at radius 3 is 2.48 bits per heavy atom. The Balaban J connectivity index is 2.31. The molecular formula is C14H8Br2FNO3. The molecule has 0 aliphatic heterocycles. The number of anilines is 1. The van der Waals surface area contributed by atoms with Crippen molar-refractivity contribution in [3.8, 4) is 0 Å². The maximum atomic E-state index is 13.2. The molecule has 0 atom stereocenters. The Labute approximate surface area is 136 Å². The van der Waals surface area contributed by atoms with Crippen LogP contribution in [-0.2, 0) is 0 Å². The molecule has 0 spiro atoms. The lowest BCUT2D eigenvalue weighted by atomic mass is 10.1. The summed E-state index contributed by atoms with van der Waals surface area (Å²) < 4.78 is 14.1. The third-order valence-corrected chi connectivity index (χ3v) is 3.72. The number of rotatable bonds is 3. The number of halogens is 3. The summed E-state index contributed by atoms with van der Waals surface area (Å²) in [4.78, 5) is 23.1. The van der Waals surface area contributed by atoms with Gasteiger partial charge in [0.1, 0.15) is 5.82 Å². The van der Waals surface area contributed by atoms with E-state index in [0.717, 1.165) is 6.07 Å². The number of aromatic carboxylic acids is 1. The molecule has 21 heavy (non-hydrogen) atoms. The number of nitrogens with one attached hydrogen (secondary N) is 1. The van der Waals surface area contributed by atoms with Crippen molar-refractivity contribution < 1.29 is 19.1 Å². The molecule has 0 aliphatic carbocycles. The van der Waals surface area contributed by atoms with Gasteiger partial charge in [0.25, 0.3) is 5.91 Å². The highest BCUT2D eigenvalue weighted by molar-refractivity contribution is 9.10. The zero-order chi connectivity index (χ0) is 15.6. The fourth-order valence-electron chi connectivity index (χ4n) is 1.66. The fraction of sp³-hybridized carbons (Fsp3) is 0. The predicted molar refractivity (Wildman–Crippen MR) is 83.2 cm³/mol. The van der Waals surface area contributed by atoms with Gasteiger partial charge < -0.3 is 10.4 Å². The summed E-state index contributed by atoms with van der Waals surface area (Å²) in [7, 11) is 0. The summed E-state index contributed by atoms with van der Waals surface area (Å²) in [6.45, 7) is 0. The minimum Gasteiger partial charge on any atom is -0.478 e. The first-order valence-electron chi connectivity index (χ1n) is 5.67. The average molecular weight is 417 g/mol. The van der Waals surface area contributed by atoms with Gasteiger partial charge in [-0.2, -0.15) is 0 Å². The van der Waals surface area contributed by atoms with Crippen molar-refractivity contribution in [2.24, 2.45) is 0 Å². The molecule has 0 aliphatic rings. The summed E-state index contributed by atoms with van der Waals surface area (Å²) in [6.07, 6.45) is 0. The van der Waals surface area contributed by atoms with Crippen LogP contribution in [0.1, 0.15) is 20.7 Å². The SMILES string of the molecule is O=C(O)c1cc(Br)cc(NC(=O)c2cc(F)ccc2Br)c1. The highest BCUT2D eigenvalue weighted by atomic mass is 79.9. The van der Waals surface area contributed by atoms with E-state index in [1.54, 1.807) is 6.07 Å². The maximum absolute atomic E-state index is 13.2. The summed E-state index contributed by atoms with van der Waals surface area (Å²) in [5, 5.41) is 11.5. The monoisotopic (exact) mass is 415 g/mol. The summed E-state index contributed by atoms with van der Waals surface area (Å²) in [6, 6.07) is 8.03. The summed E-state index contributed by atoms with van der Waals surface area (Å²) >= 11 is 6.34. The van der Waals surface area contributed by atoms with E-state index < -0.39 is 17.7 Å². The minimum atomic E-state index is -1.11. The molecule has 0 heterocycles. The van der Waals surface area contributed by atoms with E-state index in [0.29, 0.717) is 14.6 Å². The fourth-order valence-corrected chi connectivity index (χ4v) is 2.58. The van der Waals surface area contributed by atoms with Crippen molar-refractivity contribution in [3.63, 3.8) is 0 Å². The van der Waals surface area contributed by atoms with Crippen LogP contribution in [-0.4, -0.2) is 17.0 Å². The van der Waals surface area contributed by atoms with Gasteiger partial charge in [0, 0.05) is 14.6 Å². The molecule has 1 amide bonds. The lowest BCUT2D eigenvalue weighted by Crippen LogP contribution is -2.13. The Morgan fingerprint density at radius 2 is 1.81 bits per heavy atom. The van der Waals surface area contributed by atoms with E-state index >= 15 is 0 Å². The molecule has 2 aromatic rings. The zero-order valence-corrected chi connectivity index (χ0v) is 13.5. The molecule has 2 N–H and O–H groups in total. The second-order valence-electron chi connectivity index (χ2n) is 4.11. The van der Waals surface area contributed by atoms with E-state index in [-0.39, 0.29) is 11.1 Å². The quantitative estimate of drug-likeness (QED) is 0.783. The van der Waals surface area contributed by atoms with Crippen molar-refractivity contribution >= 4 is 49.4 Å². The first-order chi connectivity index (χ1) is 9.86. The second kappa shape index (κ2) is 6.36. The van der Waals surface area contributed by atoms with Crippen LogP contribution in [0, 0.1) is 5.82 Å². The Morgan fingerprint density at radius 1 is 1.10 bits per heavy atom. The topological polar surface area (TPSA) is 66.4 Å². The lowest BCUT2D eigenvalue weighted by molar-refractivity contribution is 0.0696. The van der Waals surface area contributed by atoms with Crippen molar-refractivity contribution in [3.05, 3.63) is 62.3 Å². The van der Waals surface area contributed by atoms with E-state index in [4.69, 9.17) is 5.11 Å². The number of hydrogen-bond acceptors (Lipinski definition) is 2. The molecule has 0 aromatic heterocycles. The number of carboxylic acid groups (broad SMARTS) is 1. The van der Waals surface area contributed by atoms with Crippen LogP contribution in [0.25, 0.3) is 0 Å². The highest BCUT2D eigenvalue weighted by Gasteiger charge is 2.13. The number of amides is 1. The Kier molecular flexibility index (Phi) is 4.74. The molecule has 7 heteroatoms. The number of benzene rings is 2. The van der Waals surface area contributed by atoms with Crippen molar-refractivity contribution in [2.45, 2.75) is 0 Å². The third-order valence-electron chi connectivity index (χ3n) is 2.58. The standard InChI is InChI=1S/C14H8Br2FNO3/c15-8-3-7(14(20)21)4-10(5-8)18-13(19)11-6-9(17)1-2-12(11)16/h1-6H,(H,18,19)(H,20,21). The van der Waals surface area contributed by atoms with Crippen LogP contribution in [0.4, 0.5) is 10.1 Å². The average Bonchev–Trinajstić information content (AvgIpc) is 2.40. The Hall–Kier alpha value is -1.73. The molecular weight excluding hydrogens is 409 g/mol. The van der Waals surface area contributed by atoms with Crippen LogP contribution >= 0.6 is 31.9 Å². The van der Waals surface area contributed by atoms with Crippen LogP contribution < -0.4 is 5.32 Å². The maximum Gasteiger partial charge on any atom is 0.335 e. The normalized spacial score (nSPS) is 10.2. The molecule has 2 rings (SSSR count). The molecule has 0 bridgehead atoms. The minimum absolute atomic E-state index is 0.0259. The first-order valence-corrected chi connectivity index (χ1v) is 7.25. The molecule has 0 saturated carbocycles. The lowest BCUT2D eigenvalue weighted by Gasteiger charge is -2.08. The molecule has 0 radical (unpaired) electrons. The molecule has 0 unspecified atom stereocenters. The van der Waals surface area contributed by atoms with Crippen LogP contribution in [0.5, 0.6) is 0 Å². The summed E-state index contributed by atoms with van der Waals surface area (Å²) in [5.74, 6) is -2.20. The van der Waals surface area contributed by atoms with Gasteiger partial charge in [-0.15, -0.1) is 0 Å². The zero-order valence-electron chi connectivity index (χ0n) is 10.4. The number of hydrogen-bond donors (Lipinski definition) is 2. The van der Waals surface area contributed by atoms with Crippen molar-refractivity contribution in [1.29, 1.82) is 0 Å². The largest absolute Gasteiger partial charge is 0.478 e. The molecule has 4 nitrogen and oxygen atoms in total. The number of carbonyl (C=O) groups excluding carboxylic acids is 1. The third kappa shape index (κ3) is 3.89. The molecule has 108 valence electrons. The second-order valence-corrected chi connectivity index (χ2v) is 5.88.